The number of hydrogen-bond acceptors (Lipinski definition) is 8. The number of allylic oxidation sites excluding steroid dienone is 3. The number of carbonyl (C=O) groups is 2. The Morgan fingerprint density at radius 1 is 1.05 bits per heavy atom. The van der Waals surface area contributed by atoms with Gasteiger partial charge in [-0.1, -0.05) is 42.4 Å². The van der Waals surface area contributed by atoms with Gasteiger partial charge in [-0.15, -0.1) is 0 Å². The molecule has 37 heavy (non-hydrogen) atoms. The minimum atomic E-state index is -0.735. The van der Waals surface area contributed by atoms with E-state index >= 15 is 0 Å². The van der Waals surface area contributed by atoms with Crippen molar-refractivity contribution < 1.29 is 38.4 Å². The van der Waals surface area contributed by atoms with E-state index in [1.54, 1.807) is 25.2 Å². The van der Waals surface area contributed by atoms with E-state index in [2.05, 4.69) is 19.9 Å². The molecule has 0 aromatic carbocycles. The number of epoxide rings is 1. The zero-order chi connectivity index (χ0) is 26.4. The van der Waals surface area contributed by atoms with Crippen molar-refractivity contribution in [3.05, 3.63) is 47.6 Å². The highest BCUT2D eigenvalue weighted by Crippen LogP contribution is 2.72. The Balaban J connectivity index is 1.51. The fraction of sp³-hybridized carbons (Fsp3) is 0.655. The first-order chi connectivity index (χ1) is 17.6. The molecule has 0 radical (unpaired) electrons. The van der Waals surface area contributed by atoms with Crippen molar-refractivity contribution in [2.24, 2.45) is 10.8 Å². The summed E-state index contributed by atoms with van der Waals surface area (Å²) in [6.07, 6.45) is 10.5. The van der Waals surface area contributed by atoms with Gasteiger partial charge in [-0.05, 0) is 40.0 Å². The maximum Gasteiger partial charge on any atom is 0.331 e. The van der Waals surface area contributed by atoms with Gasteiger partial charge in [0.05, 0.1) is 36.9 Å². The Hall–Kier alpha value is -2.26. The van der Waals surface area contributed by atoms with Crippen LogP contribution in [-0.2, 0) is 33.3 Å². The van der Waals surface area contributed by atoms with E-state index in [-0.39, 0.29) is 18.8 Å². The molecule has 3 fully saturated rings. The van der Waals surface area contributed by atoms with Gasteiger partial charge in [-0.25, -0.2) is 9.59 Å². The zero-order valence-corrected chi connectivity index (χ0v) is 22.1. The number of esters is 2. The normalized spacial score (nSPS) is 46.2. The van der Waals surface area contributed by atoms with Crippen LogP contribution in [-0.4, -0.2) is 73.0 Å². The number of ether oxygens (including phenoxy) is 5. The standard InChI is InChI=1S/C29H38O8/c1-18-9-11-28-16-34-26(32)14-19(2)10-12-33-21(20(3)30)7-5-6-8-25(31)37-22-15-24(36-23(28)13-18)29(17-35-29)27(22,28)4/h5-8,13-14,20-24,30H,9-12,15-17H2,1-4H3/b7-5+,8-6-,19-14+/t20-,21+,22-,23-,24-,27-,28-,29?/m1/s1. The van der Waals surface area contributed by atoms with Crippen LogP contribution in [0.25, 0.3) is 0 Å². The quantitative estimate of drug-likeness (QED) is 0.323. The molecule has 8 nitrogen and oxygen atoms in total. The summed E-state index contributed by atoms with van der Waals surface area (Å²) in [5, 5.41) is 10.0. The van der Waals surface area contributed by atoms with E-state index in [0.29, 0.717) is 26.1 Å². The van der Waals surface area contributed by atoms with Crippen LogP contribution in [0.2, 0.25) is 0 Å². The molecule has 202 valence electrons. The minimum Gasteiger partial charge on any atom is -0.462 e. The van der Waals surface area contributed by atoms with Crippen LogP contribution in [0.1, 0.15) is 53.4 Å². The predicted molar refractivity (Wildman–Crippen MR) is 134 cm³/mol. The van der Waals surface area contributed by atoms with Gasteiger partial charge < -0.3 is 28.8 Å². The second-order valence-electron chi connectivity index (χ2n) is 11.4. The predicted octanol–water partition coefficient (Wildman–Crippen LogP) is 3.34. The molecule has 3 aliphatic heterocycles. The summed E-state index contributed by atoms with van der Waals surface area (Å²) in [7, 11) is 0. The molecular weight excluding hydrogens is 476 g/mol. The molecule has 2 saturated heterocycles. The SMILES string of the molecule is CC1=C[C@H]2O[C@@H]3C[C@H]4OC(=O)/C=C\C=C\[C@@H]([C@@H](C)O)OCC/C(C)=C/C(=O)OC[C@@]2(CC1)[C@]4(C)C31CO1. The molecule has 8 atom stereocenters. The number of carbonyl (C=O) groups excluding carboxylic acids is 2. The Morgan fingerprint density at radius 2 is 1.84 bits per heavy atom. The highest BCUT2D eigenvalue weighted by atomic mass is 16.6. The van der Waals surface area contributed by atoms with E-state index < -0.39 is 46.7 Å². The first-order valence-electron chi connectivity index (χ1n) is 13.3. The van der Waals surface area contributed by atoms with Crippen molar-refractivity contribution in [3.63, 3.8) is 0 Å². The van der Waals surface area contributed by atoms with Gasteiger partial charge in [0.25, 0.3) is 0 Å². The van der Waals surface area contributed by atoms with E-state index in [1.807, 2.05) is 6.92 Å². The summed E-state index contributed by atoms with van der Waals surface area (Å²) in [6.45, 7) is 8.73. The molecular formula is C29H38O8. The number of aliphatic hydroxyl groups excluding tert-OH is 1. The molecule has 2 spiro atoms. The van der Waals surface area contributed by atoms with Gasteiger partial charge in [-0.2, -0.15) is 0 Å². The molecule has 5 rings (SSSR count). The smallest absolute Gasteiger partial charge is 0.331 e. The maximum atomic E-state index is 12.9. The fourth-order valence-corrected chi connectivity index (χ4v) is 6.85. The van der Waals surface area contributed by atoms with Crippen molar-refractivity contribution >= 4 is 11.9 Å². The molecule has 2 aliphatic carbocycles. The van der Waals surface area contributed by atoms with Crippen molar-refractivity contribution in [1.82, 2.24) is 0 Å². The van der Waals surface area contributed by atoms with Crippen LogP contribution in [0.5, 0.6) is 0 Å². The molecule has 1 unspecified atom stereocenters. The lowest BCUT2D eigenvalue weighted by Gasteiger charge is -2.58. The summed E-state index contributed by atoms with van der Waals surface area (Å²) in [5.41, 5.74) is 0.318. The summed E-state index contributed by atoms with van der Waals surface area (Å²) in [6, 6.07) is 0. The van der Waals surface area contributed by atoms with E-state index in [4.69, 9.17) is 23.7 Å². The summed E-state index contributed by atoms with van der Waals surface area (Å²) >= 11 is 0. The van der Waals surface area contributed by atoms with Crippen molar-refractivity contribution in [2.45, 2.75) is 89.5 Å². The maximum absolute atomic E-state index is 12.9. The average Bonchev–Trinajstić information content (AvgIpc) is 3.61. The van der Waals surface area contributed by atoms with Gasteiger partial charge in [0.1, 0.15) is 24.4 Å². The molecule has 1 saturated carbocycles. The first kappa shape index (κ1) is 26.4. The van der Waals surface area contributed by atoms with E-state index in [9.17, 15) is 14.7 Å². The third-order valence-corrected chi connectivity index (χ3v) is 9.24. The number of hydrogen-bond donors (Lipinski definition) is 1. The Kier molecular flexibility index (Phi) is 6.98. The topological polar surface area (TPSA) is 104 Å². The molecule has 2 bridgehead atoms. The molecule has 1 N–H and O–H groups in total. The van der Waals surface area contributed by atoms with Crippen LogP contribution >= 0.6 is 0 Å². The number of rotatable bonds is 1. The van der Waals surface area contributed by atoms with Crippen molar-refractivity contribution in [3.8, 4) is 0 Å². The second kappa shape index (κ2) is 9.80. The van der Waals surface area contributed by atoms with Crippen LogP contribution in [0.15, 0.2) is 47.6 Å². The van der Waals surface area contributed by atoms with Gasteiger partial charge in [0.15, 0.2) is 0 Å². The largest absolute Gasteiger partial charge is 0.462 e. The molecule has 8 heteroatoms. The summed E-state index contributed by atoms with van der Waals surface area (Å²) < 4.78 is 30.6. The highest BCUT2D eigenvalue weighted by molar-refractivity contribution is 5.83. The Bertz CT molecular complexity index is 1050. The van der Waals surface area contributed by atoms with Gasteiger partial charge >= 0.3 is 11.9 Å². The van der Waals surface area contributed by atoms with Gasteiger partial charge in [-0.3, -0.25) is 0 Å². The second-order valence-corrected chi connectivity index (χ2v) is 11.4. The lowest BCUT2D eigenvalue weighted by molar-refractivity contribution is -0.232. The van der Waals surface area contributed by atoms with E-state index in [0.717, 1.165) is 18.4 Å². The Morgan fingerprint density at radius 3 is 2.57 bits per heavy atom. The van der Waals surface area contributed by atoms with Gasteiger partial charge in [0.2, 0.25) is 0 Å². The average molecular weight is 515 g/mol. The zero-order valence-electron chi connectivity index (χ0n) is 22.1. The summed E-state index contributed by atoms with van der Waals surface area (Å²) in [5.74, 6) is -0.879. The van der Waals surface area contributed by atoms with Crippen LogP contribution in [0, 0.1) is 10.8 Å². The molecule has 3 heterocycles. The fourth-order valence-electron chi connectivity index (χ4n) is 6.85. The van der Waals surface area contributed by atoms with Crippen LogP contribution in [0.4, 0.5) is 0 Å². The number of cyclic esters (lactones) is 1. The molecule has 0 amide bonds. The van der Waals surface area contributed by atoms with Crippen molar-refractivity contribution in [2.75, 3.05) is 19.8 Å². The van der Waals surface area contributed by atoms with E-state index in [1.165, 1.54) is 17.7 Å². The lowest BCUT2D eigenvalue weighted by atomic mass is 9.51. The molecule has 0 aromatic rings. The lowest BCUT2D eigenvalue weighted by Crippen LogP contribution is -2.66. The minimum absolute atomic E-state index is 0.144. The first-order valence-corrected chi connectivity index (χ1v) is 13.3. The third kappa shape index (κ3) is 4.42. The van der Waals surface area contributed by atoms with Crippen LogP contribution < -0.4 is 0 Å². The van der Waals surface area contributed by atoms with Crippen molar-refractivity contribution in [1.29, 1.82) is 0 Å². The third-order valence-electron chi connectivity index (χ3n) is 9.24. The summed E-state index contributed by atoms with van der Waals surface area (Å²) in [4.78, 5) is 25.9. The highest BCUT2D eigenvalue weighted by Gasteiger charge is 2.83. The Labute approximate surface area is 218 Å². The monoisotopic (exact) mass is 514 g/mol. The number of aliphatic hydroxyl groups is 1. The van der Waals surface area contributed by atoms with Crippen LogP contribution in [0.3, 0.4) is 0 Å². The van der Waals surface area contributed by atoms with Gasteiger partial charge in [0, 0.05) is 24.0 Å². The molecule has 0 aromatic heterocycles. The molecule has 5 aliphatic rings.